The van der Waals surface area contributed by atoms with E-state index in [0.717, 1.165) is 30.0 Å². The number of amides is 2. The first-order valence-corrected chi connectivity index (χ1v) is 11.9. The minimum atomic E-state index is -0.352. The maximum atomic E-state index is 13.2. The number of halogens is 1. The van der Waals surface area contributed by atoms with E-state index >= 15 is 0 Å². The number of nitrogens with zero attached hydrogens (tertiary/aromatic N) is 2. The number of benzene rings is 2. The van der Waals surface area contributed by atoms with Crippen LogP contribution in [0.15, 0.2) is 48.5 Å². The molecule has 33 heavy (non-hydrogen) atoms. The smallest absolute Gasteiger partial charge is 0.263 e. The highest BCUT2D eigenvalue weighted by Crippen LogP contribution is 2.28. The summed E-state index contributed by atoms with van der Waals surface area (Å²) in [6, 6.07) is 13.5. The number of carbonyl (C=O) groups excluding carboxylic acids is 2. The Morgan fingerprint density at radius 2 is 1.88 bits per heavy atom. The van der Waals surface area contributed by atoms with Crippen LogP contribution in [-0.2, 0) is 4.79 Å². The molecule has 1 atom stereocenters. The first kappa shape index (κ1) is 22.9. The summed E-state index contributed by atoms with van der Waals surface area (Å²) in [4.78, 5) is 32.6. The van der Waals surface area contributed by atoms with Crippen LogP contribution in [0.25, 0.3) is 10.6 Å². The lowest BCUT2D eigenvalue weighted by molar-refractivity contribution is -0.116. The van der Waals surface area contributed by atoms with Crippen LogP contribution in [0.5, 0.6) is 0 Å². The summed E-state index contributed by atoms with van der Waals surface area (Å²) >= 11 is 1.25. The van der Waals surface area contributed by atoms with Crippen LogP contribution in [0.3, 0.4) is 0 Å². The van der Waals surface area contributed by atoms with Gasteiger partial charge in [-0.05, 0) is 69.2 Å². The van der Waals surface area contributed by atoms with E-state index in [1.807, 2.05) is 18.2 Å². The maximum absolute atomic E-state index is 13.2. The summed E-state index contributed by atoms with van der Waals surface area (Å²) in [7, 11) is 0. The van der Waals surface area contributed by atoms with Crippen LogP contribution in [0.2, 0.25) is 0 Å². The van der Waals surface area contributed by atoms with E-state index in [4.69, 9.17) is 0 Å². The van der Waals surface area contributed by atoms with Crippen LogP contribution in [0.4, 0.5) is 15.8 Å². The molecule has 3 aromatic rings. The summed E-state index contributed by atoms with van der Waals surface area (Å²) in [6.07, 6.45) is 2.54. The third-order valence-electron chi connectivity index (χ3n) is 5.56. The number of nitrogens with one attached hydrogen (secondary N) is 2. The molecule has 2 amide bonds. The van der Waals surface area contributed by atoms with E-state index < -0.39 is 0 Å². The molecule has 2 N–H and O–H groups in total. The first-order valence-electron chi connectivity index (χ1n) is 11.1. The summed E-state index contributed by atoms with van der Waals surface area (Å²) < 4.78 is 13.2. The number of thiazole rings is 1. The lowest BCUT2D eigenvalue weighted by atomic mass is 10.2. The highest BCUT2D eigenvalue weighted by atomic mass is 32.1. The Kier molecular flexibility index (Phi) is 7.03. The van der Waals surface area contributed by atoms with Gasteiger partial charge in [-0.3, -0.25) is 9.59 Å². The molecule has 4 rings (SSSR count). The molecular weight excluding hydrogens is 439 g/mol. The van der Waals surface area contributed by atoms with Gasteiger partial charge < -0.3 is 15.5 Å². The Balaban J connectivity index is 1.33. The second-order valence-electron chi connectivity index (χ2n) is 8.31. The normalized spacial score (nSPS) is 14.2. The number of aryl methyl sites for hydroxylation is 1. The van der Waals surface area contributed by atoms with Crippen molar-refractivity contribution in [2.45, 2.75) is 39.2 Å². The molecule has 1 unspecified atom stereocenters. The minimum absolute atomic E-state index is 0.155. The number of anilines is 2. The van der Waals surface area contributed by atoms with Gasteiger partial charge >= 0.3 is 0 Å². The Morgan fingerprint density at radius 3 is 2.61 bits per heavy atom. The molecule has 1 aliphatic heterocycles. The van der Waals surface area contributed by atoms with Crippen molar-refractivity contribution in [1.82, 2.24) is 10.3 Å². The number of rotatable bonds is 7. The Morgan fingerprint density at radius 1 is 1.15 bits per heavy atom. The topological polar surface area (TPSA) is 74.3 Å². The third kappa shape index (κ3) is 5.76. The van der Waals surface area contributed by atoms with Gasteiger partial charge in [-0.25, -0.2) is 9.37 Å². The SMILES string of the molecule is Cc1nc(-c2ccc(F)cc2)sc1C(=O)NC(C)CC(=O)Nc1cccc(N2CCCC2)c1. The third-order valence-corrected chi connectivity index (χ3v) is 6.77. The molecule has 8 heteroatoms. The average Bonchev–Trinajstić information content (AvgIpc) is 3.44. The van der Waals surface area contributed by atoms with Crippen molar-refractivity contribution in [2.24, 2.45) is 0 Å². The van der Waals surface area contributed by atoms with E-state index in [2.05, 4.69) is 26.6 Å². The zero-order valence-corrected chi connectivity index (χ0v) is 19.5. The van der Waals surface area contributed by atoms with Gasteiger partial charge in [0.15, 0.2) is 0 Å². The Bertz CT molecular complexity index is 1140. The Hall–Kier alpha value is -3.26. The fraction of sp³-hybridized carbons (Fsp3) is 0.320. The molecular formula is C25H27FN4O2S. The number of hydrogen-bond donors (Lipinski definition) is 2. The minimum Gasteiger partial charge on any atom is -0.371 e. The summed E-state index contributed by atoms with van der Waals surface area (Å²) in [5.74, 6) is -0.746. The second kappa shape index (κ2) is 10.1. The Labute approximate surface area is 196 Å². The molecule has 1 saturated heterocycles. The van der Waals surface area contributed by atoms with Gasteiger partial charge in [0.25, 0.3) is 5.91 Å². The summed E-state index contributed by atoms with van der Waals surface area (Å²) in [5, 5.41) is 6.47. The molecule has 172 valence electrons. The van der Waals surface area contributed by atoms with Crippen LogP contribution < -0.4 is 15.5 Å². The second-order valence-corrected chi connectivity index (χ2v) is 9.31. The fourth-order valence-corrected chi connectivity index (χ4v) is 4.88. The molecule has 1 aliphatic rings. The molecule has 0 radical (unpaired) electrons. The van der Waals surface area contributed by atoms with Crippen LogP contribution in [0.1, 0.15) is 41.6 Å². The quantitative estimate of drug-likeness (QED) is 0.514. The van der Waals surface area contributed by atoms with Crippen LogP contribution >= 0.6 is 11.3 Å². The van der Waals surface area contributed by atoms with Gasteiger partial charge in [-0.1, -0.05) is 6.07 Å². The molecule has 0 bridgehead atoms. The van der Waals surface area contributed by atoms with Crippen LogP contribution in [0, 0.1) is 12.7 Å². The maximum Gasteiger partial charge on any atom is 0.263 e. The molecule has 0 saturated carbocycles. The zero-order chi connectivity index (χ0) is 23.4. The van der Waals surface area contributed by atoms with Crippen molar-refractivity contribution in [2.75, 3.05) is 23.3 Å². The van der Waals surface area contributed by atoms with E-state index in [-0.39, 0.29) is 30.1 Å². The van der Waals surface area contributed by atoms with Crippen molar-refractivity contribution in [3.8, 4) is 10.6 Å². The van der Waals surface area contributed by atoms with Crippen molar-refractivity contribution < 1.29 is 14.0 Å². The van der Waals surface area contributed by atoms with Gasteiger partial charge in [0, 0.05) is 42.5 Å². The van der Waals surface area contributed by atoms with Crippen molar-refractivity contribution in [1.29, 1.82) is 0 Å². The lowest BCUT2D eigenvalue weighted by Gasteiger charge is -2.19. The lowest BCUT2D eigenvalue weighted by Crippen LogP contribution is -2.35. The van der Waals surface area contributed by atoms with Gasteiger partial charge in [0.1, 0.15) is 15.7 Å². The number of aromatic nitrogens is 1. The van der Waals surface area contributed by atoms with Crippen molar-refractivity contribution in [3.05, 3.63) is 64.9 Å². The molecule has 6 nitrogen and oxygen atoms in total. The van der Waals surface area contributed by atoms with E-state index in [0.29, 0.717) is 15.6 Å². The highest BCUT2D eigenvalue weighted by Gasteiger charge is 2.20. The highest BCUT2D eigenvalue weighted by molar-refractivity contribution is 7.17. The van der Waals surface area contributed by atoms with E-state index in [9.17, 15) is 14.0 Å². The van der Waals surface area contributed by atoms with Gasteiger partial charge in [0.2, 0.25) is 5.91 Å². The molecule has 2 aromatic carbocycles. The van der Waals surface area contributed by atoms with Gasteiger partial charge in [0.05, 0.1) is 5.69 Å². The van der Waals surface area contributed by atoms with E-state index in [1.165, 1.54) is 36.3 Å². The van der Waals surface area contributed by atoms with Gasteiger partial charge in [-0.2, -0.15) is 0 Å². The average molecular weight is 467 g/mol. The summed E-state index contributed by atoms with van der Waals surface area (Å²) in [5.41, 5.74) is 3.23. The van der Waals surface area contributed by atoms with Gasteiger partial charge in [-0.15, -0.1) is 11.3 Å². The van der Waals surface area contributed by atoms with E-state index in [1.54, 1.807) is 26.0 Å². The number of carbonyl (C=O) groups is 2. The van der Waals surface area contributed by atoms with Crippen molar-refractivity contribution in [3.63, 3.8) is 0 Å². The molecule has 2 heterocycles. The monoisotopic (exact) mass is 466 g/mol. The summed E-state index contributed by atoms with van der Waals surface area (Å²) in [6.45, 7) is 5.65. The molecule has 1 aromatic heterocycles. The molecule has 0 aliphatic carbocycles. The standard InChI is InChI=1S/C25H27FN4O2S/c1-16(14-22(31)29-20-6-5-7-21(15-20)30-12-3-4-13-30)27-24(32)23-17(2)28-25(33-23)18-8-10-19(26)11-9-18/h5-11,15-16H,3-4,12-14H2,1-2H3,(H,27,32)(H,29,31). The van der Waals surface area contributed by atoms with Crippen LogP contribution in [-0.4, -0.2) is 35.9 Å². The first-order chi connectivity index (χ1) is 15.9. The number of hydrogen-bond acceptors (Lipinski definition) is 5. The molecule has 0 spiro atoms. The zero-order valence-electron chi connectivity index (χ0n) is 18.7. The predicted molar refractivity (Wildman–Crippen MR) is 130 cm³/mol. The fourth-order valence-electron chi connectivity index (χ4n) is 3.91. The molecule has 1 fully saturated rings. The van der Waals surface area contributed by atoms with Crippen molar-refractivity contribution >= 4 is 34.5 Å². The predicted octanol–water partition coefficient (Wildman–Crippen LogP) is 5.00. The largest absolute Gasteiger partial charge is 0.371 e.